The van der Waals surface area contributed by atoms with E-state index in [2.05, 4.69) is 5.32 Å². The lowest BCUT2D eigenvalue weighted by atomic mass is 10.1. The second kappa shape index (κ2) is 9.87. The van der Waals surface area contributed by atoms with Crippen molar-refractivity contribution >= 4 is 27.3 Å². The standard InChI is InChI=1S/C25H28N2O4S/c1-5-31-23-10-8-22(9-11-23)27(32(29,30)24-12-6-18(2)7-13-24)17-25(28)26-21-15-19(3)14-20(4)16-21/h6-16H,5,17H2,1-4H3,(H,26,28). The maximum atomic E-state index is 13.5. The molecule has 0 spiro atoms. The number of sulfonamides is 1. The minimum Gasteiger partial charge on any atom is -0.494 e. The zero-order chi connectivity index (χ0) is 23.3. The first-order chi connectivity index (χ1) is 15.2. The normalized spacial score (nSPS) is 11.1. The van der Waals surface area contributed by atoms with Crippen molar-refractivity contribution in [3.63, 3.8) is 0 Å². The van der Waals surface area contributed by atoms with Gasteiger partial charge in [-0.15, -0.1) is 0 Å². The summed E-state index contributed by atoms with van der Waals surface area (Å²) in [6.07, 6.45) is 0. The Balaban J connectivity index is 1.94. The van der Waals surface area contributed by atoms with E-state index in [1.807, 2.05) is 45.9 Å². The Morgan fingerprint density at radius 3 is 2.03 bits per heavy atom. The third kappa shape index (κ3) is 5.68. The van der Waals surface area contributed by atoms with Crippen LogP contribution in [0.25, 0.3) is 0 Å². The summed E-state index contributed by atoms with van der Waals surface area (Å²) < 4.78 is 33.5. The van der Waals surface area contributed by atoms with E-state index in [0.29, 0.717) is 23.7 Å². The lowest BCUT2D eigenvalue weighted by molar-refractivity contribution is -0.114. The van der Waals surface area contributed by atoms with Crippen molar-refractivity contribution in [1.29, 1.82) is 0 Å². The molecule has 0 saturated carbocycles. The molecule has 32 heavy (non-hydrogen) atoms. The molecule has 7 heteroatoms. The van der Waals surface area contributed by atoms with Crippen LogP contribution in [-0.4, -0.2) is 27.5 Å². The molecule has 168 valence electrons. The van der Waals surface area contributed by atoms with Gasteiger partial charge in [0.15, 0.2) is 0 Å². The van der Waals surface area contributed by atoms with Gasteiger partial charge in [-0.1, -0.05) is 23.8 Å². The molecule has 3 aromatic carbocycles. The molecule has 3 aromatic rings. The smallest absolute Gasteiger partial charge is 0.264 e. The van der Waals surface area contributed by atoms with Crippen LogP contribution in [0.2, 0.25) is 0 Å². The Labute approximate surface area is 189 Å². The summed E-state index contributed by atoms with van der Waals surface area (Å²) in [5.74, 6) is 0.197. The maximum Gasteiger partial charge on any atom is 0.264 e. The minimum atomic E-state index is -3.97. The zero-order valence-electron chi connectivity index (χ0n) is 18.8. The largest absolute Gasteiger partial charge is 0.494 e. The number of carbonyl (C=O) groups excluding carboxylic acids is 1. The first-order valence-electron chi connectivity index (χ1n) is 10.4. The fourth-order valence-corrected chi connectivity index (χ4v) is 4.83. The van der Waals surface area contributed by atoms with Crippen molar-refractivity contribution in [3.8, 4) is 5.75 Å². The molecule has 0 heterocycles. The van der Waals surface area contributed by atoms with Crippen molar-refractivity contribution in [2.75, 3.05) is 22.8 Å². The third-order valence-corrected chi connectivity index (χ3v) is 6.63. The molecule has 3 rings (SSSR count). The summed E-state index contributed by atoms with van der Waals surface area (Å²) in [6, 6.07) is 18.9. The molecular formula is C25H28N2O4S. The van der Waals surface area contributed by atoms with Gasteiger partial charge in [0.25, 0.3) is 10.0 Å². The summed E-state index contributed by atoms with van der Waals surface area (Å²) in [5.41, 5.74) is 3.98. The molecular weight excluding hydrogens is 424 g/mol. The fraction of sp³-hybridized carbons (Fsp3) is 0.240. The van der Waals surface area contributed by atoms with Crippen LogP contribution in [0.1, 0.15) is 23.6 Å². The van der Waals surface area contributed by atoms with E-state index >= 15 is 0 Å². The van der Waals surface area contributed by atoms with Crippen LogP contribution < -0.4 is 14.4 Å². The molecule has 0 aliphatic heterocycles. The molecule has 0 bridgehead atoms. The van der Waals surface area contributed by atoms with E-state index in [1.165, 1.54) is 0 Å². The zero-order valence-corrected chi connectivity index (χ0v) is 19.6. The number of ether oxygens (including phenoxy) is 1. The summed E-state index contributed by atoms with van der Waals surface area (Å²) >= 11 is 0. The molecule has 1 amide bonds. The van der Waals surface area contributed by atoms with Crippen molar-refractivity contribution in [1.82, 2.24) is 0 Å². The molecule has 0 unspecified atom stereocenters. The number of hydrogen-bond donors (Lipinski definition) is 1. The molecule has 6 nitrogen and oxygen atoms in total. The Morgan fingerprint density at radius 2 is 1.47 bits per heavy atom. The number of benzene rings is 3. The van der Waals surface area contributed by atoms with E-state index in [9.17, 15) is 13.2 Å². The molecule has 0 atom stereocenters. The van der Waals surface area contributed by atoms with E-state index < -0.39 is 15.9 Å². The summed E-state index contributed by atoms with van der Waals surface area (Å²) in [5, 5.41) is 2.82. The highest BCUT2D eigenvalue weighted by molar-refractivity contribution is 7.92. The Kier molecular flexibility index (Phi) is 7.20. The number of rotatable bonds is 8. The van der Waals surface area contributed by atoms with Crippen LogP contribution in [0.4, 0.5) is 11.4 Å². The minimum absolute atomic E-state index is 0.121. The lowest BCUT2D eigenvalue weighted by Gasteiger charge is -2.24. The quantitative estimate of drug-likeness (QED) is 0.530. The highest BCUT2D eigenvalue weighted by Gasteiger charge is 2.27. The predicted molar refractivity (Wildman–Crippen MR) is 128 cm³/mol. The van der Waals surface area contributed by atoms with Crippen LogP contribution in [0.15, 0.2) is 71.6 Å². The van der Waals surface area contributed by atoms with Crippen molar-refractivity contribution < 1.29 is 17.9 Å². The number of hydrogen-bond acceptors (Lipinski definition) is 4. The monoisotopic (exact) mass is 452 g/mol. The Hall–Kier alpha value is -3.32. The third-order valence-electron chi connectivity index (χ3n) is 4.84. The van der Waals surface area contributed by atoms with Gasteiger partial charge in [-0.25, -0.2) is 8.42 Å². The van der Waals surface area contributed by atoms with Crippen LogP contribution in [-0.2, 0) is 14.8 Å². The average Bonchev–Trinajstić information content (AvgIpc) is 2.72. The van der Waals surface area contributed by atoms with E-state index in [4.69, 9.17) is 4.74 Å². The number of carbonyl (C=O) groups is 1. The van der Waals surface area contributed by atoms with Gasteiger partial charge in [0.1, 0.15) is 12.3 Å². The second-order valence-electron chi connectivity index (χ2n) is 7.68. The van der Waals surface area contributed by atoms with Gasteiger partial charge in [-0.05, 0) is 87.4 Å². The van der Waals surface area contributed by atoms with E-state index in [-0.39, 0.29) is 11.4 Å². The Morgan fingerprint density at radius 1 is 0.875 bits per heavy atom. The number of aryl methyl sites for hydroxylation is 3. The highest BCUT2D eigenvalue weighted by Crippen LogP contribution is 2.26. The van der Waals surface area contributed by atoms with Gasteiger partial charge < -0.3 is 10.1 Å². The summed E-state index contributed by atoms with van der Waals surface area (Å²) in [6.45, 7) is 7.78. The fourth-order valence-electron chi connectivity index (χ4n) is 3.41. The summed E-state index contributed by atoms with van der Waals surface area (Å²) in [4.78, 5) is 13.0. The number of nitrogens with zero attached hydrogens (tertiary/aromatic N) is 1. The predicted octanol–water partition coefficient (Wildman–Crippen LogP) is 4.84. The molecule has 0 aliphatic carbocycles. The molecule has 0 saturated heterocycles. The molecule has 0 aromatic heterocycles. The average molecular weight is 453 g/mol. The molecule has 0 aliphatic rings. The SMILES string of the molecule is CCOc1ccc(N(CC(=O)Nc2cc(C)cc(C)c2)S(=O)(=O)c2ccc(C)cc2)cc1. The maximum absolute atomic E-state index is 13.5. The second-order valence-corrected chi connectivity index (χ2v) is 9.54. The van der Waals surface area contributed by atoms with Crippen LogP contribution in [0, 0.1) is 20.8 Å². The van der Waals surface area contributed by atoms with Gasteiger partial charge >= 0.3 is 0 Å². The van der Waals surface area contributed by atoms with Gasteiger partial charge in [0.05, 0.1) is 17.2 Å². The number of anilines is 2. The van der Waals surface area contributed by atoms with Gasteiger partial charge in [0.2, 0.25) is 5.91 Å². The van der Waals surface area contributed by atoms with E-state index in [0.717, 1.165) is 21.0 Å². The topological polar surface area (TPSA) is 75.7 Å². The number of nitrogens with one attached hydrogen (secondary N) is 1. The molecule has 0 fully saturated rings. The molecule has 0 radical (unpaired) electrons. The van der Waals surface area contributed by atoms with Crippen molar-refractivity contribution in [3.05, 3.63) is 83.4 Å². The van der Waals surface area contributed by atoms with E-state index in [1.54, 1.807) is 48.5 Å². The first-order valence-corrected chi connectivity index (χ1v) is 11.8. The van der Waals surface area contributed by atoms with Crippen LogP contribution >= 0.6 is 0 Å². The van der Waals surface area contributed by atoms with Crippen molar-refractivity contribution in [2.24, 2.45) is 0 Å². The highest BCUT2D eigenvalue weighted by atomic mass is 32.2. The van der Waals surface area contributed by atoms with Crippen molar-refractivity contribution in [2.45, 2.75) is 32.6 Å². The van der Waals surface area contributed by atoms with Gasteiger partial charge in [0, 0.05) is 5.69 Å². The van der Waals surface area contributed by atoms with Gasteiger partial charge in [-0.3, -0.25) is 9.10 Å². The first kappa shape index (κ1) is 23.3. The lowest BCUT2D eigenvalue weighted by Crippen LogP contribution is -2.38. The summed E-state index contributed by atoms with van der Waals surface area (Å²) in [7, 11) is -3.97. The Bertz CT molecular complexity index is 1170. The van der Waals surface area contributed by atoms with Gasteiger partial charge in [-0.2, -0.15) is 0 Å². The number of amides is 1. The van der Waals surface area contributed by atoms with Crippen LogP contribution in [0.3, 0.4) is 0 Å². The molecule has 1 N–H and O–H groups in total. The van der Waals surface area contributed by atoms with Crippen LogP contribution in [0.5, 0.6) is 5.75 Å².